The number of thioether (sulfide) groups is 2. The molecular weight excluding hydrogens is 322 g/mol. The molecule has 0 saturated carbocycles. The zero-order valence-corrected chi connectivity index (χ0v) is 14.0. The van der Waals surface area contributed by atoms with Crippen molar-refractivity contribution in [3.63, 3.8) is 0 Å². The molecule has 3 heterocycles. The van der Waals surface area contributed by atoms with Gasteiger partial charge in [0, 0.05) is 17.6 Å². The Morgan fingerprint density at radius 2 is 2.36 bits per heavy atom. The average Bonchev–Trinajstić information content (AvgIpc) is 2.87. The Hall–Kier alpha value is -1.41. The number of nitrogens with zero attached hydrogens (tertiary/aromatic N) is 2. The lowest BCUT2D eigenvalue weighted by molar-refractivity contribution is -0.138. The van der Waals surface area contributed by atoms with Gasteiger partial charge >= 0.3 is 0 Å². The van der Waals surface area contributed by atoms with Crippen LogP contribution >= 0.6 is 23.5 Å². The molecule has 2 aliphatic rings. The first kappa shape index (κ1) is 15.5. The Labute approximate surface area is 137 Å². The maximum absolute atomic E-state index is 12.5. The summed E-state index contributed by atoms with van der Waals surface area (Å²) in [7, 11) is 1.54. The van der Waals surface area contributed by atoms with Crippen molar-refractivity contribution in [3.8, 4) is 5.88 Å². The Morgan fingerprint density at radius 1 is 1.55 bits per heavy atom. The average molecular weight is 339 g/mol. The molecule has 0 radical (unpaired) electrons. The van der Waals surface area contributed by atoms with Gasteiger partial charge < -0.3 is 15.0 Å². The minimum Gasteiger partial charge on any atom is -0.481 e. The monoisotopic (exact) mass is 339 g/mol. The summed E-state index contributed by atoms with van der Waals surface area (Å²) in [5.74, 6) is 2.30. The number of pyridine rings is 1. The summed E-state index contributed by atoms with van der Waals surface area (Å²) in [5.41, 5.74) is 0.600. The van der Waals surface area contributed by atoms with Crippen molar-refractivity contribution in [3.05, 3.63) is 18.3 Å². The molecule has 2 aliphatic heterocycles. The van der Waals surface area contributed by atoms with E-state index in [0.717, 1.165) is 5.75 Å². The highest BCUT2D eigenvalue weighted by Gasteiger charge is 2.51. The van der Waals surface area contributed by atoms with Crippen molar-refractivity contribution in [2.24, 2.45) is 0 Å². The molecular formula is C14H17N3O3S2. The molecule has 6 nitrogen and oxygen atoms in total. The first-order valence-corrected chi connectivity index (χ1v) is 9.02. The van der Waals surface area contributed by atoms with Crippen molar-refractivity contribution in [2.75, 3.05) is 29.7 Å². The zero-order valence-electron chi connectivity index (χ0n) is 12.4. The highest BCUT2D eigenvalue weighted by Crippen LogP contribution is 2.44. The van der Waals surface area contributed by atoms with Gasteiger partial charge in [-0.2, -0.15) is 0 Å². The van der Waals surface area contributed by atoms with E-state index in [-0.39, 0.29) is 16.7 Å². The summed E-state index contributed by atoms with van der Waals surface area (Å²) in [6.07, 6.45) is 1.55. The van der Waals surface area contributed by atoms with Crippen molar-refractivity contribution in [1.29, 1.82) is 0 Å². The lowest BCUT2D eigenvalue weighted by atomic mass is 10.2. The van der Waals surface area contributed by atoms with Crippen molar-refractivity contribution in [1.82, 2.24) is 9.88 Å². The highest BCUT2D eigenvalue weighted by atomic mass is 32.2. The van der Waals surface area contributed by atoms with Crippen molar-refractivity contribution < 1.29 is 14.3 Å². The van der Waals surface area contributed by atoms with Crippen LogP contribution in [0.15, 0.2) is 18.3 Å². The fourth-order valence-corrected chi connectivity index (χ4v) is 5.37. The quantitative estimate of drug-likeness (QED) is 0.898. The number of amides is 2. The Morgan fingerprint density at radius 3 is 3.05 bits per heavy atom. The lowest BCUT2D eigenvalue weighted by Crippen LogP contribution is -2.56. The topological polar surface area (TPSA) is 71.5 Å². The van der Waals surface area contributed by atoms with Crippen LogP contribution in [0.3, 0.4) is 0 Å². The molecule has 3 rings (SSSR count). The zero-order chi connectivity index (χ0) is 15.7. The molecule has 0 unspecified atom stereocenters. The first-order valence-electron chi connectivity index (χ1n) is 6.88. The van der Waals surface area contributed by atoms with Gasteiger partial charge in [0.2, 0.25) is 17.7 Å². The predicted molar refractivity (Wildman–Crippen MR) is 88.2 cm³/mol. The van der Waals surface area contributed by atoms with E-state index in [1.54, 1.807) is 46.8 Å². The standard InChI is InChI=1S/C14H17N3O3S2/c1-14-8-21-7-12(18)17(14)10(6-22-14)13(19)16-9-3-4-11(20-2)15-5-9/h3-5,10H,6-8H2,1-2H3,(H,16,19)/t10-,14+/m1/s1. The van der Waals surface area contributed by atoms with Crippen LogP contribution in [0.2, 0.25) is 0 Å². The predicted octanol–water partition coefficient (Wildman–Crippen LogP) is 1.44. The molecule has 0 aromatic carbocycles. The number of aromatic nitrogens is 1. The van der Waals surface area contributed by atoms with Crippen LogP contribution < -0.4 is 10.1 Å². The van der Waals surface area contributed by atoms with Crippen LogP contribution in [-0.2, 0) is 9.59 Å². The van der Waals surface area contributed by atoms with Crippen LogP contribution in [0.4, 0.5) is 5.69 Å². The van der Waals surface area contributed by atoms with Gasteiger partial charge in [0.15, 0.2) is 0 Å². The van der Waals surface area contributed by atoms with Crippen LogP contribution in [0.5, 0.6) is 5.88 Å². The van der Waals surface area contributed by atoms with Crippen LogP contribution in [0, 0.1) is 0 Å². The summed E-state index contributed by atoms with van der Waals surface area (Å²) < 4.78 is 4.99. The fraction of sp³-hybridized carbons (Fsp3) is 0.500. The van der Waals surface area contributed by atoms with Crippen LogP contribution in [-0.4, -0.2) is 57.0 Å². The first-order chi connectivity index (χ1) is 10.5. The van der Waals surface area contributed by atoms with Gasteiger partial charge in [0.25, 0.3) is 0 Å². The minimum atomic E-state index is -0.425. The number of anilines is 1. The van der Waals surface area contributed by atoms with Gasteiger partial charge in [-0.3, -0.25) is 9.59 Å². The maximum Gasteiger partial charge on any atom is 0.248 e. The third kappa shape index (κ3) is 2.77. The Balaban J connectivity index is 1.73. The SMILES string of the molecule is COc1ccc(NC(=O)[C@H]2CS[C@@]3(C)CSCC(=O)N23)cn1. The number of ether oxygens (including phenoxy) is 1. The van der Waals surface area contributed by atoms with Crippen LogP contribution in [0.1, 0.15) is 6.92 Å². The molecule has 0 spiro atoms. The van der Waals surface area contributed by atoms with E-state index in [2.05, 4.69) is 10.3 Å². The normalized spacial score (nSPS) is 27.5. The molecule has 118 valence electrons. The minimum absolute atomic E-state index is 0.0387. The largest absolute Gasteiger partial charge is 0.481 e. The number of carbonyl (C=O) groups excluding carboxylic acids is 2. The molecule has 1 aromatic heterocycles. The van der Waals surface area contributed by atoms with Gasteiger partial charge in [-0.1, -0.05) is 0 Å². The van der Waals surface area contributed by atoms with Crippen molar-refractivity contribution in [2.45, 2.75) is 17.8 Å². The number of fused-ring (bicyclic) bond motifs is 1. The molecule has 8 heteroatoms. The number of methoxy groups -OCH3 is 1. The molecule has 0 bridgehead atoms. The van der Waals surface area contributed by atoms with Gasteiger partial charge in [0.1, 0.15) is 6.04 Å². The second-order valence-corrected chi connectivity index (χ2v) is 7.82. The van der Waals surface area contributed by atoms with E-state index in [9.17, 15) is 9.59 Å². The smallest absolute Gasteiger partial charge is 0.248 e. The number of hydrogen-bond acceptors (Lipinski definition) is 6. The molecule has 2 amide bonds. The summed E-state index contributed by atoms with van der Waals surface area (Å²) in [6.45, 7) is 2.03. The highest BCUT2D eigenvalue weighted by molar-refractivity contribution is 8.04. The van der Waals surface area contributed by atoms with Gasteiger partial charge in [-0.15, -0.1) is 23.5 Å². The summed E-state index contributed by atoms with van der Waals surface area (Å²) in [5, 5.41) is 2.83. The Bertz CT molecular complexity index is 596. The molecule has 1 N–H and O–H groups in total. The van der Waals surface area contributed by atoms with E-state index in [4.69, 9.17) is 4.74 Å². The van der Waals surface area contributed by atoms with E-state index >= 15 is 0 Å². The third-order valence-electron chi connectivity index (χ3n) is 3.75. The second-order valence-electron chi connectivity index (χ2n) is 5.34. The van der Waals surface area contributed by atoms with Gasteiger partial charge in [0.05, 0.1) is 29.6 Å². The summed E-state index contributed by atoms with van der Waals surface area (Å²) >= 11 is 3.31. The molecule has 22 heavy (non-hydrogen) atoms. The fourth-order valence-electron chi connectivity index (χ4n) is 2.67. The molecule has 2 saturated heterocycles. The van der Waals surface area contributed by atoms with Gasteiger partial charge in [-0.05, 0) is 13.0 Å². The van der Waals surface area contributed by atoms with E-state index < -0.39 is 6.04 Å². The lowest BCUT2D eigenvalue weighted by Gasteiger charge is -2.40. The van der Waals surface area contributed by atoms with Gasteiger partial charge in [-0.25, -0.2) is 4.98 Å². The third-order valence-corrected chi connectivity index (χ3v) is 6.60. The Kier molecular flexibility index (Phi) is 4.22. The van der Waals surface area contributed by atoms with E-state index in [1.165, 1.54) is 7.11 Å². The molecule has 1 aromatic rings. The molecule has 0 aliphatic carbocycles. The van der Waals surface area contributed by atoms with Crippen molar-refractivity contribution >= 4 is 41.0 Å². The van der Waals surface area contributed by atoms with Crippen LogP contribution in [0.25, 0.3) is 0 Å². The molecule has 2 fully saturated rings. The molecule has 2 atom stereocenters. The second kappa shape index (κ2) is 6.00. The number of rotatable bonds is 3. The van der Waals surface area contributed by atoms with E-state index in [1.807, 2.05) is 6.92 Å². The number of nitrogens with one attached hydrogen (secondary N) is 1. The summed E-state index contributed by atoms with van der Waals surface area (Å²) in [4.78, 5) is 30.3. The van der Waals surface area contributed by atoms with E-state index in [0.29, 0.717) is 23.1 Å². The number of hydrogen-bond donors (Lipinski definition) is 1. The summed E-state index contributed by atoms with van der Waals surface area (Å²) in [6, 6.07) is 3.00. The number of carbonyl (C=O) groups is 2. The maximum atomic E-state index is 12.5.